The van der Waals surface area contributed by atoms with Gasteiger partial charge in [0, 0.05) is 17.8 Å². The highest BCUT2D eigenvalue weighted by Crippen LogP contribution is 2.23. The van der Waals surface area contributed by atoms with Gasteiger partial charge in [0.1, 0.15) is 5.69 Å². The third kappa shape index (κ3) is 3.31. The Morgan fingerprint density at radius 1 is 1.38 bits per heavy atom. The van der Waals surface area contributed by atoms with Gasteiger partial charge < -0.3 is 10.4 Å². The molecule has 0 bridgehead atoms. The molecule has 5 nitrogen and oxygen atoms in total. The first-order valence-electron chi connectivity index (χ1n) is 7.21. The van der Waals surface area contributed by atoms with E-state index in [0.29, 0.717) is 23.5 Å². The lowest BCUT2D eigenvalue weighted by Gasteiger charge is -2.13. The maximum Gasteiger partial charge on any atom is 0.273 e. The summed E-state index contributed by atoms with van der Waals surface area (Å²) in [6.45, 7) is 6.27. The van der Waals surface area contributed by atoms with Gasteiger partial charge >= 0.3 is 0 Å². The Kier molecular flexibility index (Phi) is 4.75. The van der Waals surface area contributed by atoms with Crippen molar-refractivity contribution in [3.8, 4) is 0 Å². The number of aliphatic hydroxyl groups excluding tert-OH is 1. The molecule has 21 heavy (non-hydrogen) atoms. The number of nitrogens with zero attached hydrogens (tertiary/aromatic N) is 2. The van der Waals surface area contributed by atoms with Crippen LogP contribution in [-0.2, 0) is 13.0 Å². The first-order valence-corrected chi connectivity index (χ1v) is 7.21. The molecule has 112 valence electrons. The molecule has 0 spiro atoms. The van der Waals surface area contributed by atoms with Gasteiger partial charge in [0.25, 0.3) is 5.91 Å². The second kappa shape index (κ2) is 6.54. The fraction of sp³-hybridized carbons (Fsp3) is 0.375. The van der Waals surface area contributed by atoms with E-state index in [1.54, 1.807) is 23.7 Å². The number of benzene rings is 1. The number of amides is 1. The number of hydrogen-bond donors (Lipinski definition) is 2. The zero-order valence-electron chi connectivity index (χ0n) is 12.6. The minimum Gasteiger partial charge on any atom is -0.389 e. The molecule has 0 aliphatic rings. The SMILES string of the molecule is CCc1cc(C(=O)Nc2ccccc2C(C)O)n(CC)n1. The Morgan fingerprint density at radius 3 is 2.71 bits per heavy atom. The van der Waals surface area contributed by atoms with Gasteiger partial charge in [-0.2, -0.15) is 5.10 Å². The number of para-hydroxylation sites is 1. The maximum absolute atomic E-state index is 12.4. The predicted octanol–water partition coefficient (Wildman–Crippen LogP) is 2.77. The summed E-state index contributed by atoms with van der Waals surface area (Å²) in [6, 6.07) is 9.06. The first kappa shape index (κ1) is 15.3. The summed E-state index contributed by atoms with van der Waals surface area (Å²) in [4.78, 5) is 12.4. The predicted molar refractivity (Wildman–Crippen MR) is 82.3 cm³/mol. The lowest BCUT2D eigenvalue weighted by molar-refractivity contribution is 0.101. The summed E-state index contributed by atoms with van der Waals surface area (Å²) in [5.74, 6) is -0.211. The van der Waals surface area contributed by atoms with Crippen molar-refractivity contribution >= 4 is 11.6 Å². The molecule has 0 aliphatic carbocycles. The average Bonchev–Trinajstić information content (AvgIpc) is 2.91. The van der Waals surface area contributed by atoms with Gasteiger partial charge in [-0.05, 0) is 32.4 Å². The molecule has 0 saturated heterocycles. The van der Waals surface area contributed by atoms with Crippen molar-refractivity contribution in [1.82, 2.24) is 9.78 Å². The smallest absolute Gasteiger partial charge is 0.273 e. The molecule has 1 atom stereocenters. The average molecular weight is 287 g/mol. The van der Waals surface area contributed by atoms with Crippen molar-refractivity contribution in [2.24, 2.45) is 0 Å². The van der Waals surface area contributed by atoms with Gasteiger partial charge in [0.15, 0.2) is 0 Å². The second-order valence-corrected chi connectivity index (χ2v) is 4.91. The van der Waals surface area contributed by atoms with E-state index < -0.39 is 6.10 Å². The molecule has 0 aliphatic heterocycles. The fourth-order valence-electron chi connectivity index (χ4n) is 2.23. The highest BCUT2D eigenvalue weighted by atomic mass is 16.3. The van der Waals surface area contributed by atoms with Crippen LogP contribution in [0, 0.1) is 0 Å². The van der Waals surface area contributed by atoms with Crippen LogP contribution in [0.1, 0.15) is 48.6 Å². The number of rotatable bonds is 5. The quantitative estimate of drug-likeness (QED) is 0.888. The van der Waals surface area contributed by atoms with Crippen molar-refractivity contribution in [3.05, 3.63) is 47.3 Å². The zero-order chi connectivity index (χ0) is 15.4. The summed E-state index contributed by atoms with van der Waals surface area (Å²) in [7, 11) is 0. The van der Waals surface area contributed by atoms with Crippen LogP contribution in [0.5, 0.6) is 0 Å². The molecule has 0 radical (unpaired) electrons. The van der Waals surface area contributed by atoms with Gasteiger partial charge in [-0.25, -0.2) is 0 Å². The molecule has 2 N–H and O–H groups in total. The molecule has 1 aromatic heterocycles. The molecule has 1 aromatic carbocycles. The van der Waals surface area contributed by atoms with Gasteiger partial charge in [0.2, 0.25) is 0 Å². The molecule has 2 aromatic rings. The van der Waals surface area contributed by atoms with Crippen LogP contribution in [-0.4, -0.2) is 20.8 Å². The van der Waals surface area contributed by atoms with E-state index in [9.17, 15) is 9.90 Å². The monoisotopic (exact) mass is 287 g/mol. The van der Waals surface area contributed by atoms with Crippen LogP contribution >= 0.6 is 0 Å². The molecule has 0 saturated carbocycles. The molecule has 1 heterocycles. The Labute approximate surface area is 124 Å². The van der Waals surface area contributed by atoms with E-state index in [0.717, 1.165) is 12.1 Å². The topological polar surface area (TPSA) is 67.2 Å². The summed E-state index contributed by atoms with van der Waals surface area (Å²) in [5, 5.41) is 17.0. The number of aryl methyl sites for hydroxylation is 2. The third-order valence-electron chi connectivity index (χ3n) is 3.38. The number of anilines is 1. The molecular formula is C16H21N3O2. The Balaban J connectivity index is 2.28. The van der Waals surface area contributed by atoms with Crippen LogP contribution < -0.4 is 5.32 Å². The highest BCUT2D eigenvalue weighted by Gasteiger charge is 2.16. The van der Waals surface area contributed by atoms with E-state index in [1.165, 1.54) is 0 Å². The van der Waals surface area contributed by atoms with Crippen molar-refractivity contribution in [2.75, 3.05) is 5.32 Å². The minimum atomic E-state index is -0.635. The zero-order valence-corrected chi connectivity index (χ0v) is 12.6. The van der Waals surface area contributed by atoms with E-state index >= 15 is 0 Å². The van der Waals surface area contributed by atoms with E-state index in [2.05, 4.69) is 10.4 Å². The van der Waals surface area contributed by atoms with Crippen molar-refractivity contribution in [2.45, 2.75) is 39.8 Å². The molecule has 0 fully saturated rings. The van der Waals surface area contributed by atoms with Crippen molar-refractivity contribution < 1.29 is 9.90 Å². The molecule has 2 rings (SSSR count). The minimum absolute atomic E-state index is 0.211. The van der Waals surface area contributed by atoms with Crippen LogP contribution in [0.15, 0.2) is 30.3 Å². The van der Waals surface area contributed by atoms with Gasteiger partial charge in [-0.1, -0.05) is 25.1 Å². The summed E-state index contributed by atoms with van der Waals surface area (Å²) in [6.07, 6.45) is 0.154. The summed E-state index contributed by atoms with van der Waals surface area (Å²) in [5.41, 5.74) is 2.75. The molecule has 5 heteroatoms. The number of nitrogens with one attached hydrogen (secondary N) is 1. The molecule has 1 unspecified atom stereocenters. The Hall–Kier alpha value is -2.14. The maximum atomic E-state index is 12.4. The van der Waals surface area contributed by atoms with Crippen LogP contribution in [0.25, 0.3) is 0 Å². The van der Waals surface area contributed by atoms with E-state index in [4.69, 9.17) is 0 Å². The number of hydrogen-bond acceptors (Lipinski definition) is 3. The lowest BCUT2D eigenvalue weighted by Crippen LogP contribution is -2.18. The molecule has 1 amide bonds. The van der Waals surface area contributed by atoms with Crippen LogP contribution in [0.2, 0.25) is 0 Å². The molecular weight excluding hydrogens is 266 g/mol. The number of carbonyl (C=O) groups excluding carboxylic acids is 1. The number of carbonyl (C=O) groups is 1. The summed E-state index contributed by atoms with van der Waals surface area (Å²) >= 11 is 0. The Morgan fingerprint density at radius 2 is 2.10 bits per heavy atom. The van der Waals surface area contributed by atoms with E-state index in [1.807, 2.05) is 32.0 Å². The van der Waals surface area contributed by atoms with Crippen molar-refractivity contribution in [3.63, 3.8) is 0 Å². The van der Waals surface area contributed by atoms with Gasteiger partial charge in [-0.3, -0.25) is 9.48 Å². The number of aromatic nitrogens is 2. The second-order valence-electron chi connectivity index (χ2n) is 4.91. The fourth-order valence-corrected chi connectivity index (χ4v) is 2.23. The first-order chi connectivity index (χ1) is 10.1. The lowest BCUT2D eigenvalue weighted by atomic mass is 10.1. The van der Waals surface area contributed by atoms with Crippen LogP contribution in [0.3, 0.4) is 0 Å². The summed E-state index contributed by atoms with van der Waals surface area (Å²) < 4.78 is 1.69. The largest absolute Gasteiger partial charge is 0.389 e. The standard InChI is InChI=1S/C16H21N3O2/c1-4-12-10-15(19(5-2)18-12)16(21)17-14-9-7-6-8-13(14)11(3)20/h6-11,20H,4-5H2,1-3H3,(H,17,21). The van der Waals surface area contributed by atoms with Gasteiger partial charge in [0.05, 0.1) is 11.8 Å². The van der Waals surface area contributed by atoms with Crippen LogP contribution in [0.4, 0.5) is 5.69 Å². The third-order valence-corrected chi connectivity index (χ3v) is 3.38. The number of aliphatic hydroxyl groups is 1. The van der Waals surface area contributed by atoms with Crippen molar-refractivity contribution in [1.29, 1.82) is 0 Å². The normalized spacial score (nSPS) is 12.2. The highest BCUT2D eigenvalue weighted by molar-refractivity contribution is 6.03. The van der Waals surface area contributed by atoms with E-state index in [-0.39, 0.29) is 5.91 Å². The Bertz CT molecular complexity index is 632. The van der Waals surface area contributed by atoms with Gasteiger partial charge in [-0.15, -0.1) is 0 Å².